The summed E-state index contributed by atoms with van der Waals surface area (Å²) < 4.78 is 16.8. The highest BCUT2D eigenvalue weighted by atomic mass is 16.6. The molecule has 0 saturated heterocycles. The van der Waals surface area contributed by atoms with Crippen LogP contribution < -0.4 is 0 Å². The van der Waals surface area contributed by atoms with Crippen LogP contribution in [0.4, 0.5) is 0 Å². The predicted octanol–water partition coefficient (Wildman–Crippen LogP) is 22.4. The summed E-state index contributed by atoms with van der Waals surface area (Å²) in [6, 6.07) is 0. The predicted molar refractivity (Wildman–Crippen MR) is 352 cm³/mol. The SMILES string of the molecule is CC/C=C\C/C=C\C/C=C\C/C=C\C/C=C\C/C=C\C/C=C\CCCCCCCC(=O)OCC(COC(=O)CC/C=C\C/C=C\C/C=C\C/C=C\CC)OC(=O)CCCCCCCCCCCC/C=C\C/C=C\C/C=C\C/C=C\CC. The van der Waals surface area contributed by atoms with Gasteiger partial charge >= 0.3 is 17.9 Å². The zero-order valence-corrected chi connectivity index (χ0v) is 51.7. The first-order chi connectivity index (χ1) is 40.0. The Kier molecular flexibility index (Phi) is 62.5. The van der Waals surface area contributed by atoms with Crippen molar-refractivity contribution in [1.29, 1.82) is 0 Å². The Morgan fingerprint density at radius 3 is 0.765 bits per heavy atom. The van der Waals surface area contributed by atoms with E-state index in [9.17, 15) is 14.4 Å². The lowest BCUT2D eigenvalue weighted by Gasteiger charge is -2.18. The first kappa shape index (κ1) is 75.5. The number of hydrogen-bond acceptors (Lipinski definition) is 6. The van der Waals surface area contributed by atoms with Crippen LogP contribution in [-0.2, 0) is 28.6 Å². The van der Waals surface area contributed by atoms with Crippen molar-refractivity contribution in [2.24, 2.45) is 0 Å². The molecule has 452 valence electrons. The molecular weight excluding hydrogens is 997 g/mol. The van der Waals surface area contributed by atoms with Gasteiger partial charge in [0, 0.05) is 19.3 Å². The molecule has 0 aliphatic carbocycles. The molecule has 1 unspecified atom stereocenters. The third-order valence-electron chi connectivity index (χ3n) is 12.9. The van der Waals surface area contributed by atoms with Gasteiger partial charge in [-0.3, -0.25) is 14.4 Å². The van der Waals surface area contributed by atoms with Gasteiger partial charge in [-0.05, 0) is 141 Å². The van der Waals surface area contributed by atoms with Crippen molar-refractivity contribution in [1.82, 2.24) is 0 Å². The minimum Gasteiger partial charge on any atom is -0.462 e. The van der Waals surface area contributed by atoms with E-state index in [0.29, 0.717) is 19.3 Å². The molecule has 0 fully saturated rings. The van der Waals surface area contributed by atoms with Crippen molar-refractivity contribution < 1.29 is 28.6 Å². The highest BCUT2D eigenvalue weighted by Gasteiger charge is 2.19. The number of ether oxygens (including phenoxy) is 3. The summed E-state index contributed by atoms with van der Waals surface area (Å²) in [7, 11) is 0. The molecule has 0 aliphatic heterocycles. The molecule has 0 spiro atoms. The molecule has 0 aromatic rings. The second-order valence-corrected chi connectivity index (χ2v) is 20.5. The van der Waals surface area contributed by atoms with Gasteiger partial charge in [-0.2, -0.15) is 0 Å². The Hall–Kier alpha value is -5.49. The standard InChI is InChI=1S/C75H116O6/c1-4-7-10-13-16-19-22-25-27-29-31-33-35-36-37-38-40-41-43-45-47-50-53-56-59-62-65-68-74(77)80-71-72(70-79-73(76)67-64-61-58-55-52-49-24-21-18-15-12-9-6-3)81-75(78)69-66-63-60-57-54-51-48-46-44-42-39-34-32-30-28-26-23-20-17-14-11-8-5-2/h7-12,16-21,25-28,31-34,36-37,40-41,45,47,49,52,58,61,72H,4-6,13-15,22-24,29-30,35,38-39,42-44,46,48,50-51,53-57,59-60,62-71H2,1-3H3/b10-7-,11-8-,12-9-,19-16-,20-17-,21-18-,27-25-,28-26-,33-31-,34-32-,37-36-,41-40-,47-45-,52-49-,61-58-. The Morgan fingerprint density at radius 2 is 0.469 bits per heavy atom. The molecule has 0 rings (SSSR count). The summed E-state index contributed by atoms with van der Waals surface area (Å²) in [5.74, 6) is -1.03. The molecule has 6 nitrogen and oxygen atoms in total. The fraction of sp³-hybridized carbons (Fsp3) is 0.560. The Bertz CT molecular complexity index is 1900. The quantitative estimate of drug-likeness (QED) is 0.0261. The molecule has 0 radical (unpaired) electrons. The first-order valence-electron chi connectivity index (χ1n) is 32.3. The van der Waals surface area contributed by atoms with Gasteiger partial charge < -0.3 is 14.2 Å². The van der Waals surface area contributed by atoms with Crippen LogP contribution in [0.3, 0.4) is 0 Å². The van der Waals surface area contributed by atoms with Crippen LogP contribution in [0, 0.1) is 0 Å². The van der Waals surface area contributed by atoms with E-state index in [1.165, 1.54) is 44.9 Å². The number of esters is 3. The third kappa shape index (κ3) is 65.2. The largest absolute Gasteiger partial charge is 0.462 e. The maximum atomic E-state index is 12.9. The molecule has 0 aromatic carbocycles. The van der Waals surface area contributed by atoms with Crippen LogP contribution in [0.15, 0.2) is 182 Å². The summed E-state index contributed by atoms with van der Waals surface area (Å²) in [4.78, 5) is 38.3. The van der Waals surface area contributed by atoms with E-state index in [0.717, 1.165) is 161 Å². The van der Waals surface area contributed by atoms with E-state index in [2.05, 4.69) is 191 Å². The second kappa shape index (κ2) is 67.0. The van der Waals surface area contributed by atoms with E-state index in [1.807, 2.05) is 12.2 Å². The van der Waals surface area contributed by atoms with Gasteiger partial charge in [0.1, 0.15) is 13.2 Å². The van der Waals surface area contributed by atoms with E-state index in [-0.39, 0.29) is 37.5 Å². The Morgan fingerprint density at radius 1 is 0.247 bits per heavy atom. The zero-order valence-electron chi connectivity index (χ0n) is 51.7. The minimum absolute atomic E-state index is 0.121. The number of unbranched alkanes of at least 4 members (excludes halogenated alkanes) is 15. The van der Waals surface area contributed by atoms with Crippen LogP contribution in [-0.4, -0.2) is 37.2 Å². The zero-order chi connectivity index (χ0) is 58.5. The van der Waals surface area contributed by atoms with Gasteiger partial charge in [0.2, 0.25) is 0 Å². The van der Waals surface area contributed by atoms with Crippen molar-refractivity contribution in [3.8, 4) is 0 Å². The molecule has 1 atom stereocenters. The van der Waals surface area contributed by atoms with Gasteiger partial charge in [0.15, 0.2) is 6.10 Å². The lowest BCUT2D eigenvalue weighted by molar-refractivity contribution is -0.166. The van der Waals surface area contributed by atoms with E-state index in [4.69, 9.17) is 14.2 Å². The van der Waals surface area contributed by atoms with E-state index >= 15 is 0 Å². The Labute approximate surface area is 497 Å². The highest BCUT2D eigenvalue weighted by molar-refractivity contribution is 5.71. The van der Waals surface area contributed by atoms with Crippen LogP contribution in [0.25, 0.3) is 0 Å². The van der Waals surface area contributed by atoms with E-state index in [1.54, 1.807) is 0 Å². The molecule has 6 heteroatoms. The molecule has 0 aliphatic rings. The lowest BCUT2D eigenvalue weighted by Crippen LogP contribution is -2.30. The summed E-state index contributed by atoms with van der Waals surface area (Å²) >= 11 is 0. The number of rotatable bonds is 56. The van der Waals surface area contributed by atoms with Crippen LogP contribution in [0.2, 0.25) is 0 Å². The second-order valence-electron chi connectivity index (χ2n) is 20.5. The van der Waals surface area contributed by atoms with Crippen LogP contribution in [0.1, 0.15) is 252 Å². The maximum Gasteiger partial charge on any atom is 0.306 e. The number of allylic oxidation sites excluding steroid dienone is 30. The van der Waals surface area contributed by atoms with Crippen molar-refractivity contribution >= 4 is 17.9 Å². The third-order valence-corrected chi connectivity index (χ3v) is 12.9. The smallest absolute Gasteiger partial charge is 0.306 e. The molecule has 0 bridgehead atoms. The fourth-order valence-corrected chi connectivity index (χ4v) is 8.19. The van der Waals surface area contributed by atoms with Gasteiger partial charge in [-0.25, -0.2) is 0 Å². The highest BCUT2D eigenvalue weighted by Crippen LogP contribution is 2.14. The molecule has 0 aromatic heterocycles. The van der Waals surface area contributed by atoms with Crippen molar-refractivity contribution in [3.63, 3.8) is 0 Å². The topological polar surface area (TPSA) is 78.9 Å². The monoisotopic (exact) mass is 1110 g/mol. The minimum atomic E-state index is -0.829. The summed E-state index contributed by atoms with van der Waals surface area (Å²) in [5, 5.41) is 0. The molecular formula is C75H116O6. The Balaban J connectivity index is 4.46. The van der Waals surface area contributed by atoms with Crippen LogP contribution in [0.5, 0.6) is 0 Å². The normalized spacial score (nSPS) is 13.4. The number of carbonyl (C=O) groups excluding carboxylic acids is 3. The fourth-order valence-electron chi connectivity index (χ4n) is 8.19. The first-order valence-corrected chi connectivity index (χ1v) is 32.3. The van der Waals surface area contributed by atoms with Gasteiger partial charge in [-0.15, -0.1) is 0 Å². The van der Waals surface area contributed by atoms with E-state index < -0.39 is 6.10 Å². The number of carbonyl (C=O) groups is 3. The lowest BCUT2D eigenvalue weighted by atomic mass is 10.0. The molecule has 0 heterocycles. The average Bonchev–Trinajstić information content (AvgIpc) is 3.46. The molecule has 0 saturated carbocycles. The number of hydrogen-bond donors (Lipinski definition) is 0. The maximum absolute atomic E-state index is 12.9. The summed E-state index contributed by atoms with van der Waals surface area (Å²) in [6.45, 7) is 6.20. The van der Waals surface area contributed by atoms with Crippen LogP contribution >= 0.6 is 0 Å². The van der Waals surface area contributed by atoms with Crippen molar-refractivity contribution in [2.75, 3.05) is 13.2 Å². The molecule has 0 amide bonds. The summed E-state index contributed by atoms with van der Waals surface area (Å²) in [6.07, 6.45) is 101. The molecule has 0 N–H and O–H groups in total. The summed E-state index contributed by atoms with van der Waals surface area (Å²) in [5.41, 5.74) is 0. The average molecular weight is 1110 g/mol. The molecule has 81 heavy (non-hydrogen) atoms. The van der Waals surface area contributed by atoms with Crippen molar-refractivity contribution in [2.45, 2.75) is 258 Å². The van der Waals surface area contributed by atoms with Gasteiger partial charge in [-0.1, -0.05) is 274 Å². The van der Waals surface area contributed by atoms with Crippen molar-refractivity contribution in [3.05, 3.63) is 182 Å². The van der Waals surface area contributed by atoms with Gasteiger partial charge in [0.25, 0.3) is 0 Å². The van der Waals surface area contributed by atoms with Gasteiger partial charge in [0.05, 0.1) is 0 Å².